The summed E-state index contributed by atoms with van der Waals surface area (Å²) in [7, 11) is 5.82. The fourth-order valence-corrected chi connectivity index (χ4v) is 4.07. The number of hydrogen-bond donors (Lipinski definition) is 1. The van der Waals surface area contributed by atoms with Gasteiger partial charge in [0.2, 0.25) is 0 Å². The van der Waals surface area contributed by atoms with Gasteiger partial charge in [0.25, 0.3) is 5.91 Å². The van der Waals surface area contributed by atoms with E-state index >= 15 is 0 Å². The first kappa shape index (κ1) is 22.3. The standard InChI is InChI=1S/C25H34N2O3/c1-27(2)16-7-6-15-26-24(28)25(14-9-17-30-25)19-20-10-8-11-21(18-20)22-12-4-5-13-23(22)29-3/h4-5,8,10-13,18H,6-7,9,14-17,19H2,1-3H3,(H,26,28)/t25-/m1/s1. The topological polar surface area (TPSA) is 50.8 Å². The summed E-state index contributed by atoms with van der Waals surface area (Å²) in [4.78, 5) is 15.2. The lowest BCUT2D eigenvalue weighted by Crippen LogP contribution is -2.48. The molecule has 5 nitrogen and oxygen atoms in total. The minimum atomic E-state index is -0.763. The molecule has 1 N–H and O–H groups in total. The van der Waals surface area contributed by atoms with Crippen molar-refractivity contribution >= 4 is 5.91 Å². The quantitative estimate of drug-likeness (QED) is 0.604. The van der Waals surface area contributed by atoms with Gasteiger partial charge in [-0.05, 0) is 63.5 Å². The number of carbonyl (C=O) groups excluding carboxylic acids is 1. The van der Waals surface area contributed by atoms with Crippen molar-refractivity contribution in [3.8, 4) is 16.9 Å². The maximum Gasteiger partial charge on any atom is 0.252 e. The molecule has 2 aromatic carbocycles. The highest BCUT2D eigenvalue weighted by Crippen LogP contribution is 2.33. The second kappa shape index (κ2) is 10.6. The maximum absolute atomic E-state index is 13.1. The van der Waals surface area contributed by atoms with E-state index in [2.05, 4.69) is 48.6 Å². The number of para-hydroxylation sites is 1. The Morgan fingerprint density at radius 1 is 1.17 bits per heavy atom. The van der Waals surface area contributed by atoms with Gasteiger partial charge in [0.1, 0.15) is 5.75 Å². The number of hydrogen-bond acceptors (Lipinski definition) is 4. The van der Waals surface area contributed by atoms with Crippen LogP contribution in [0, 0.1) is 0 Å². The van der Waals surface area contributed by atoms with Gasteiger partial charge in [-0.2, -0.15) is 0 Å². The molecule has 0 unspecified atom stereocenters. The first-order valence-electron chi connectivity index (χ1n) is 10.8. The lowest BCUT2D eigenvalue weighted by molar-refractivity contribution is -0.141. The Bertz CT molecular complexity index is 829. The molecule has 0 bridgehead atoms. The van der Waals surface area contributed by atoms with E-state index in [4.69, 9.17) is 9.47 Å². The van der Waals surface area contributed by atoms with Crippen LogP contribution in [0.2, 0.25) is 0 Å². The van der Waals surface area contributed by atoms with Crippen molar-refractivity contribution in [3.63, 3.8) is 0 Å². The zero-order valence-corrected chi connectivity index (χ0v) is 18.4. The Morgan fingerprint density at radius 3 is 2.73 bits per heavy atom. The average molecular weight is 411 g/mol. The smallest absolute Gasteiger partial charge is 0.252 e. The van der Waals surface area contributed by atoms with E-state index in [0.29, 0.717) is 19.6 Å². The SMILES string of the molecule is COc1ccccc1-c1cccc(C[C@@]2(C(=O)NCCCCN(C)C)CCCO2)c1. The zero-order valence-electron chi connectivity index (χ0n) is 18.4. The zero-order chi connectivity index (χ0) is 21.4. The van der Waals surface area contributed by atoms with Crippen molar-refractivity contribution in [2.75, 3.05) is 40.9 Å². The highest BCUT2D eigenvalue weighted by Gasteiger charge is 2.42. The Hall–Kier alpha value is -2.37. The molecule has 1 heterocycles. The number of unbranched alkanes of at least 4 members (excludes halogenated alkanes) is 1. The second-order valence-corrected chi connectivity index (χ2v) is 8.29. The summed E-state index contributed by atoms with van der Waals surface area (Å²) in [5.74, 6) is 0.865. The molecule has 162 valence electrons. The van der Waals surface area contributed by atoms with Crippen LogP contribution < -0.4 is 10.1 Å². The Morgan fingerprint density at radius 2 is 2.00 bits per heavy atom. The number of nitrogens with one attached hydrogen (secondary N) is 1. The molecule has 1 fully saturated rings. The lowest BCUT2D eigenvalue weighted by atomic mass is 9.89. The minimum Gasteiger partial charge on any atom is -0.496 e. The van der Waals surface area contributed by atoms with Gasteiger partial charge in [0.05, 0.1) is 7.11 Å². The van der Waals surface area contributed by atoms with Crippen LogP contribution >= 0.6 is 0 Å². The van der Waals surface area contributed by atoms with E-state index in [-0.39, 0.29) is 5.91 Å². The molecule has 0 saturated carbocycles. The van der Waals surface area contributed by atoms with Gasteiger partial charge in [0, 0.05) is 25.1 Å². The third kappa shape index (κ3) is 5.61. The summed E-state index contributed by atoms with van der Waals surface area (Å²) in [6.07, 6.45) is 4.31. The first-order chi connectivity index (χ1) is 14.5. The minimum absolute atomic E-state index is 0.0209. The van der Waals surface area contributed by atoms with Crippen molar-refractivity contribution < 1.29 is 14.3 Å². The molecule has 0 spiro atoms. The van der Waals surface area contributed by atoms with Gasteiger partial charge in [-0.15, -0.1) is 0 Å². The van der Waals surface area contributed by atoms with E-state index in [1.54, 1.807) is 7.11 Å². The second-order valence-electron chi connectivity index (χ2n) is 8.29. The summed E-state index contributed by atoms with van der Waals surface area (Å²) < 4.78 is 11.6. The molecule has 1 aliphatic rings. The fraction of sp³-hybridized carbons (Fsp3) is 0.480. The van der Waals surface area contributed by atoms with Crippen LogP contribution in [0.3, 0.4) is 0 Å². The number of nitrogens with zero attached hydrogens (tertiary/aromatic N) is 1. The third-order valence-corrected chi connectivity index (χ3v) is 5.67. The van der Waals surface area contributed by atoms with Gasteiger partial charge >= 0.3 is 0 Å². The van der Waals surface area contributed by atoms with Crippen LogP contribution in [0.25, 0.3) is 11.1 Å². The molecule has 0 aromatic heterocycles. The first-order valence-corrected chi connectivity index (χ1v) is 10.8. The predicted molar refractivity (Wildman–Crippen MR) is 121 cm³/mol. The number of amides is 1. The molecule has 30 heavy (non-hydrogen) atoms. The summed E-state index contributed by atoms with van der Waals surface area (Å²) in [5.41, 5.74) is 2.47. The van der Waals surface area contributed by atoms with Crippen LogP contribution in [-0.4, -0.2) is 57.3 Å². The van der Waals surface area contributed by atoms with Crippen molar-refractivity contribution in [2.45, 2.75) is 37.7 Å². The summed E-state index contributed by atoms with van der Waals surface area (Å²) >= 11 is 0. The lowest BCUT2D eigenvalue weighted by Gasteiger charge is -2.27. The van der Waals surface area contributed by atoms with Crippen molar-refractivity contribution in [1.29, 1.82) is 0 Å². The summed E-state index contributed by atoms with van der Waals surface area (Å²) in [6, 6.07) is 16.3. The molecule has 1 aliphatic heterocycles. The van der Waals surface area contributed by atoms with Crippen molar-refractivity contribution in [2.24, 2.45) is 0 Å². The monoisotopic (exact) mass is 410 g/mol. The van der Waals surface area contributed by atoms with Crippen LogP contribution in [0.5, 0.6) is 5.75 Å². The summed E-state index contributed by atoms with van der Waals surface area (Å²) in [6.45, 7) is 2.37. The highest BCUT2D eigenvalue weighted by atomic mass is 16.5. The van der Waals surface area contributed by atoms with E-state index in [9.17, 15) is 4.79 Å². The molecular weight excluding hydrogens is 376 g/mol. The fourth-order valence-electron chi connectivity index (χ4n) is 4.07. The molecule has 3 rings (SSSR count). The Balaban J connectivity index is 1.70. The predicted octanol–water partition coefficient (Wildman–Crippen LogP) is 3.91. The van der Waals surface area contributed by atoms with Crippen LogP contribution in [0.15, 0.2) is 48.5 Å². The molecular formula is C25H34N2O3. The molecule has 5 heteroatoms. The molecule has 1 saturated heterocycles. The third-order valence-electron chi connectivity index (χ3n) is 5.67. The Kier molecular flexibility index (Phi) is 7.88. The van der Waals surface area contributed by atoms with Gasteiger partial charge in [-0.3, -0.25) is 4.79 Å². The molecule has 0 radical (unpaired) electrons. The van der Waals surface area contributed by atoms with E-state index in [0.717, 1.165) is 54.7 Å². The normalized spacial score (nSPS) is 18.5. The molecule has 1 atom stereocenters. The number of benzene rings is 2. The highest BCUT2D eigenvalue weighted by molar-refractivity contribution is 5.86. The molecule has 0 aliphatic carbocycles. The van der Waals surface area contributed by atoms with Gasteiger partial charge < -0.3 is 19.7 Å². The van der Waals surface area contributed by atoms with Gasteiger partial charge in [-0.1, -0.05) is 42.5 Å². The van der Waals surface area contributed by atoms with E-state index < -0.39 is 5.60 Å². The molecule has 1 amide bonds. The maximum atomic E-state index is 13.1. The van der Waals surface area contributed by atoms with Crippen LogP contribution in [-0.2, 0) is 16.0 Å². The molecule has 2 aromatic rings. The van der Waals surface area contributed by atoms with Crippen molar-refractivity contribution in [1.82, 2.24) is 10.2 Å². The average Bonchev–Trinajstić information content (AvgIpc) is 3.23. The van der Waals surface area contributed by atoms with E-state index in [1.807, 2.05) is 24.3 Å². The number of carbonyl (C=O) groups is 1. The number of methoxy groups -OCH3 is 1. The van der Waals surface area contributed by atoms with Gasteiger partial charge in [0.15, 0.2) is 5.60 Å². The number of rotatable bonds is 10. The largest absolute Gasteiger partial charge is 0.496 e. The van der Waals surface area contributed by atoms with Crippen molar-refractivity contribution in [3.05, 3.63) is 54.1 Å². The Labute approximate surface area is 180 Å². The number of ether oxygens (including phenoxy) is 2. The van der Waals surface area contributed by atoms with E-state index in [1.165, 1.54) is 0 Å². The summed E-state index contributed by atoms with van der Waals surface area (Å²) in [5, 5.41) is 3.12. The van der Waals surface area contributed by atoms with Crippen LogP contribution in [0.4, 0.5) is 0 Å². The van der Waals surface area contributed by atoms with Gasteiger partial charge in [-0.25, -0.2) is 0 Å². The van der Waals surface area contributed by atoms with Crippen LogP contribution in [0.1, 0.15) is 31.2 Å².